The Morgan fingerprint density at radius 3 is 1.93 bits per heavy atom. The fourth-order valence-corrected chi connectivity index (χ4v) is 3.09. The van der Waals surface area contributed by atoms with Crippen LogP contribution in [0.25, 0.3) is 0 Å². The molecule has 0 aliphatic carbocycles. The van der Waals surface area contributed by atoms with Crippen molar-refractivity contribution in [2.45, 2.75) is 26.3 Å². The van der Waals surface area contributed by atoms with Crippen molar-refractivity contribution in [2.75, 3.05) is 40.4 Å². The average Bonchev–Trinajstić information content (AvgIpc) is 2.65. The van der Waals surface area contributed by atoms with E-state index in [-0.39, 0.29) is 24.2 Å². The predicted octanol–water partition coefficient (Wildman–Crippen LogP) is 1.78. The molecule has 2 N–H and O–H groups in total. The normalized spacial score (nSPS) is 15.2. The Balaban J connectivity index is 0.00000364. The van der Waals surface area contributed by atoms with Crippen LogP contribution in [0.4, 0.5) is 0 Å². The summed E-state index contributed by atoms with van der Waals surface area (Å²) in [5.74, 6) is 1.39. The third-order valence-corrected chi connectivity index (χ3v) is 4.52. The molecule has 1 heterocycles. The van der Waals surface area contributed by atoms with Gasteiger partial charge in [0.2, 0.25) is 5.91 Å². The number of nitrogens with two attached hydrogens (primary N) is 1. The molecule has 0 aromatic heterocycles. The van der Waals surface area contributed by atoms with Crippen LogP contribution in [0.15, 0.2) is 18.2 Å². The molecular formula is C19H30ClN3O4. The van der Waals surface area contributed by atoms with Crippen molar-refractivity contribution < 1.29 is 19.1 Å². The minimum absolute atomic E-state index is 0. The van der Waals surface area contributed by atoms with Gasteiger partial charge in [0.25, 0.3) is 5.91 Å². The van der Waals surface area contributed by atoms with Gasteiger partial charge in [-0.15, -0.1) is 12.4 Å². The molecule has 7 nitrogen and oxygen atoms in total. The third kappa shape index (κ3) is 6.01. The topological polar surface area (TPSA) is 85.1 Å². The third-order valence-electron chi connectivity index (χ3n) is 4.52. The van der Waals surface area contributed by atoms with Gasteiger partial charge in [-0.2, -0.15) is 0 Å². The highest BCUT2D eigenvalue weighted by Gasteiger charge is 2.28. The number of methoxy groups -OCH3 is 2. The zero-order valence-electron chi connectivity index (χ0n) is 16.4. The molecule has 8 heteroatoms. The van der Waals surface area contributed by atoms with E-state index in [0.717, 1.165) is 0 Å². The highest BCUT2D eigenvalue weighted by atomic mass is 35.5. The van der Waals surface area contributed by atoms with E-state index < -0.39 is 6.04 Å². The number of rotatable bonds is 6. The van der Waals surface area contributed by atoms with Crippen LogP contribution >= 0.6 is 12.4 Å². The molecule has 1 aliphatic rings. The lowest BCUT2D eigenvalue weighted by Crippen LogP contribution is -2.54. The first-order valence-electron chi connectivity index (χ1n) is 8.92. The lowest BCUT2D eigenvalue weighted by atomic mass is 10.0. The maximum atomic E-state index is 12.8. The van der Waals surface area contributed by atoms with Crippen LogP contribution in [0.3, 0.4) is 0 Å². The molecule has 1 aromatic rings. The number of ether oxygens (including phenoxy) is 2. The van der Waals surface area contributed by atoms with Gasteiger partial charge in [-0.25, -0.2) is 0 Å². The maximum Gasteiger partial charge on any atom is 0.254 e. The van der Waals surface area contributed by atoms with Crippen LogP contribution in [-0.4, -0.2) is 68.1 Å². The van der Waals surface area contributed by atoms with Crippen LogP contribution in [0.5, 0.6) is 11.5 Å². The first kappa shape index (κ1) is 23.0. The predicted molar refractivity (Wildman–Crippen MR) is 107 cm³/mol. The van der Waals surface area contributed by atoms with Gasteiger partial charge in [0.15, 0.2) is 0 Å². The zero-order valence-corrected chi connectivity index (χ0v) is 17.3. The lowest BCUT2D eigenvalue weighted by molar-refractivity contribution is -0.134. The van der Waals surface area contributed by atoms with E-state index in [2.05, 4.69) is 0 Å². The van der Waals surface area contributed by atoms with E-state index in [1.165, 1.54) is 0 Å². The summed E-state index contributed by atoms with van der Waals surface area (Å²) in [4.78, 5) is 28.7. The summed E-state index contributed by atoms with van der Waals surface area (Å²) in [6.45, 7) is 6.06. The number of hydrogen-bond acceptors (Lipinski definition) is 5. The van der Waals surface area contributed by atoms with Gasteiger partial charge in [-0.1, -0.05) is 13.8 Å². The lowest BCUT2D eigenvalue weighted by Gasteiger charge is -2.36. The first-order chi connectivity index (χ1) is 12.3. The number of benzene rings is 1. The van der Waals surface area contributed by atoms with Gasteiger partial charge in [0.1, 0.15) is 11.5 Å². The van der Waals surface area contributed by atoms with Gasteiger partial charge in [-0.3, -0.25) is 9.59 Å². The monoisotopic (exact) mass is 399 g/mol. The molecule has 1 atom stereocenters. The molecule has 0 unspecified atom stereocenters. The standard InChI is InChI=1S/C19H29N3O4.ClH/c1-13(2)9-17(20)19(24)22-7-5-21(6-8-22)18(23)14-10-15(25-3)12-16(11-14)26-4;/h10-13,17H,5-9,20H2,1-4H3;1H/t17-;/m0./s1. The average molecular weight is 400 g/mol. The molecule has 1 aliphatic heterocycles. The van der Waals surface area contributed by atoms with Gasteiger partial charge < -0.3 is 25.0 Å². The van der Waals surface area contributed by atoms with Crippen molar-refractivity contribution in [3.63, 3.8) is 0 Å². The largest absolute Gasteiger partial charge is 0.497 e. The van der Waals surface area contributed by atoms with Crippen molar-refractivity contribution in [1.82, 2.24) is 9.80 Å². The number of amides is 2. The summed E-state index contributed by atoms with van der Waals surface area (Å²) in [6, 6.07) is 4.64. The maximum absolute atomic E-state index is 12.8. The van der Waals surface area contributed by atoms with E-state index >= 15 is 0 Å². The smallest absolute Gasteiger partial charge is 0.254 e. The number of hydrogen-bond donors (Lipinski definition) is 1. The summed E-state index contributed by atoms with van der Waals surface area (Å²) in [6.07, 6.45) is 0.668. The molecule has 0 saturated carbocycles. The van der Waals surface area contributed by atoms with E-state index in [0.29, 0.717) is 55.6 Å². The van der Waals surface area contributed by atoms with Crippen molar-refractivity contribution in [3.8, 4) is 11.5 Å². The molecule has 1 fully saturated rings. The molecule has 2 amide bonds. The minimum atomic E-state index is -0.472. The fraction of sp³-hybridized carbons (Fsp3) is 0.579. The summed E-state index contributed by atoms with van der Waals surface area (Å²) in [7, 11) is 3.10. The molecular weight excluding hydrogens is 370 g/mol. The van der Waals surface area contributed by atoms with E-state index in [4.69, 9.17) is 15.2 Å². The number of carbonyl (C=O) groups excluding carboxylic acids is 2. The summed E-state index contributed by atoms with van der Waals surface area (Å²) >= 11 is 0. The van der Waals surface area contributed by atoms with Crippen LogP contribution in [0, 0.1) is 5.92 Å². The van der Waals surface area contributed by atoms with Crippen LogP contribution in [0.2, 0.25) is 0 Å². The first-order valence-corrected chi connectivity index (χ1v) is 8.92. The Kier molecular flexibility index (Phi) is 8.85. The molecule has 0 bridgehead atoms. The number of piperazine rings is 1. The van der Waals surface area contributed by atoms with Gasteiger partial charge in [0, 0.05) is 37.8 Å². The fourth-order valence-electron chi connectivity index (χ4n) is 3.09. The van der Waals surface area contributed by atoms with Crippen molar-refractivity contribution in [3.05, 3.63) is 23.8 Å². The Labute approximate surface area is 167 Å². The van der Waals surface area contributed by atoms with Crippen LogP contribution < -0.4 is 15.2 Å². The molecule has 0 spiro atoms. The van der Waals surface area contributed by atoms with Gasteiger partial charge >= 0.3 is 0 Å². The molecule has 1 saturated heterocycles. The highest BCUT2D eigenvalue weighted by molar-refractivity contribution is 5.95. The SMILES string of the molecule is COc1cc(OC)cc(C(=O)N2CCN(C(=O)[C@@H](N)CC(C)C)CC2)c1.Cl. The van der Waals surface area contributed by atoms with Crippen molar-refractivity contribution >= 4 is 24.2 Å². The van der Waals surface area contributed by atoms with Crippen molar-refractivity contribution in [1.29, 1.82) is 0 Å². The Hall–Kier alpha value is -1.99. The second kappa shape index (κ2) is 10.4. The molecule has 1 aromatic carbocycles. The molecule has 152 valence electrons. The second-order valence-corrected chi connectivity index (χ2v) is 6.95. The Morgan fingerprint density at radius 1 is 1.00 bits per heavy atom. The quantitative estimate of drug-likeness (QED) is 0.788. The van der Waals surface area contributed by atoms with Gasteiger partial charge in [-0.05, 0) is 24.5 Å². The van der Waals surface area contributed by atoms with E-state index in [1.807, 2.05) is 13.8 Å². The second-order valence-electron chi connectivity index (χ2n) is 6.95. The van der Waals surface area contributed by atoms with Crippen LogP contribution in [-0.2, 0) is 4.79 Å². The van der Waals surface area contributed by atoms with Gasteiger partial charge in [0.05, 0.1) is 20.3 Å². The van der Waals surface area contributed by atoms with E-state index in [9.17, 15) is 9.59 Å². The zero-order chi connectivity index (χ0) is 19.3. The van der Waals surface area contributed by atoms with Crippen molar-refractivity contribution in [2.24, 2.45) is 11.7 Å². The number of halogens is 1. The summed E-state index contributed by atoms with van der Waals surface area (Å²) < 4.78 is 10.4. The highest BCUT2D eigenvalue weighted by Crippen LogP contribution is 2.24. The molecule has 2 rings (SSSR count). The Morgan fingerprint density at radius 2 is 1.48 bits per heavy atom. The summed E-state index contributed by atoms with van der Waals surface area (Å²) in [5.41, 5.74) is 6.51. The Bertz CT molecular complexity index is 624. The molecule has 27 heavy (non-hydrogen) atoms. The summed E-state index contributed by atoms with van der Waals surface area (Å²) in [5, 5.41) is 0. The number of nitrogens with zero attached hydrogens (tertiary/aromatic N) is 2. The number of carbonyl (C=O) groups is 2. The van der Waals surface area contributed by atoms with Crippen LogP contribution in [0.1, 0.15) is 30.6 Å². The minimum Gasteiger partial charge on any atom is -0.497 e. The molecule has 0 radical (unpaired) electrons. The van der Waals surface area contributed by atoms with E-state index in [1.54, 1.807) is 42.2 Å².